The first-order chi connectivity index (χ1) is 5.85. The number of hydrogen-bond acceptors (Lipinski definition) is 1. The zero-order valence-electron chi connectivity index (χ0n) is 7.12. The lowest BCUT2D eigenvalue weighted by molar-refractivity contribution is -0.153. The van der Waals surface area contributed by atoms with Crippen molar-refractivity contribution in [1.82, 2.24) is 5.32 Å². The maximum absolute atomic E-state index is 11.6. The van der Waals surface area contributed by atoms with Crippen LogP contribution in [-0.2, 0) is 4.79 Å². The van der Waals surface area contributed by atoms with Gasteiger partial charge in [0.05, 0.1) is 5.38 Å². The second-order valence-corrected chi connectivity index (χ2v) is 3.22. The summed E-state index contributed by atoms with van der Waals surface area (Å²) in [5.74, 6) is -1.04. The topological polar surface area (TPSA) is 29.1 Å². The fraction of sp³-hybridized carbons (Fsp3) is 0.857. The Morgan fingerprint density at radius 2 is 2.08 bits per heavy atom. The van der Waals surface area contributed by atoms with Crippen LogP contribution in [0.15, 0.2) is 0 Å². The molecule has 1 amide bonds. The third-order valence-electron chi connectivity index (χ3n) is 1.32. The summed E-state index contributed by atoms with van der Waals surface area (Å²) in [6.07, 6.45) is -5.29. The van der Waals surface area contributed by atoms with Crippen LogP contribution < -0.4 is 5.32 Å². The molecule has 0 aromatic carbocycles. The summed E-state index contributed by atoms with van der Waals surface area (Å²) < 4.78 is 34.9. The summed E-state index contributed by atoms with van der Waals surface area (Å²) in [5.41, 5.74) is 0. The molecule has 0 aromatic rings. The van der Waals surface area contributed by atoms with Gasteiger partial charge in [0.25, 0.3) is 0 Å². The van der Waals surface area contributed by atoms with Gasteiger partial charge in [0.15, 0.2) is 0 Å². The van der Waals surface area contributed by atoms with Crippen LogP contribution in [0.25, 0.3) is 0 Å². The zero-order valence-corrected chi connectivity index (χ0v) is 7.87. The first-order valence-corrected chi connectivity index (χ1v) is 4.26. The number of nitrogens with one attached hydrogen (secondary N) is 1. The molecule has 78 valence electrons. The lowest BCUT2D eigenvalue weighted by atomic mass is 10.3. The van der Waals surface area contributed by atoms with Gasteiger partial charge in [0.1, 0.15) is 6.42 Å². The molecule has 0 aliphatic rings. The summed E-state index contributed by atoms with van der Waals surface area (Å²) in [6, 6.07) is 0. The van der Waals surface area contributed by atoms with Crippen molar-refractivity contribution in [3.05, 3.63) is 0 Å². The smallest absolute Gasteiger partial charge is 0.354 e. The van der Waals surface area contributed by atoms with Crippen molar-refractivity contribution in [2.75, 3.05) is 6.54 Å². The Morgan fingerprint density at radius 3 is 2.46 bits per heavy atom. The maximum atomic E-state index is 11.6. The Labute approximate surface area is 79.4 Å². The van der Waals surface area contributed by atoms with Crippen molar-refractivity contribution >= 4 is 17.5 Å². The molecule has 6 heteroatoms. The molecule has 2 nitrogen and oxygen atoms in total. The van der Waals surface area contributed by atoms with Gasteiger partial charge in [0.2, 0.25) is 5.91 Å². The molecule has 0 heterocycles. The number of amides is 1. The van der Waals surface area contributed by atoms with E-state index in [1.54, 1.807) is 6.92 Å². The van der Waals surface area contributed by atoms with E-state index in [2.05, 4.69) is 5.32 Å². The first-order valence-electron chi connectivity index (χ1n) is 3.82. The van der Waals surface area contributed by atoms with Gasteiger partial charge in [-0.25, -0.2) is 0 Å². The number of hydrogen-bond donors (Lipinski definition) is 1. The van der Waals surface area contributed by atoms with Gasteiger partial charge in [-0.1, -0.05) is 6.92 Å². The van der Waals surface area contributed by atoms with Crippen LogP contribution in [0.3, 0.4) is 0 Å². The highest BCUT2D eigenvalue weighted by atomic mass is 35.5. The standard InChI is InChI=1S/C7H11ClF3NO/c1-2-5(8)4-12-6(13)3-7(9,10)11/h5H,2-4H2,1H3,(H,12,13). The molecule has 0 saturated heterocycles. The van der Waals surface area contributed by atoms with Gasteiger partial charge in [-0.3, -0.25) is 4.79 Å². The third kappa shape index (κ3) is 7.90. The van der Waals surface area contributed by atoms with Gasteiger partial charge in [-0.15, -0.1) is 11.6 Å². The average molecular weight is 218 g/mol. The van der Waals surface area contributed by atoms with Crippen LogP contribution in [-0.4, -0.2) is 24.0 Å². The summed E-state index contributed by atoms with van der Waals surface area (Å²) >= 11 is 5.58. The molecule has 0 aromatic heterocycles. The predicted molar refractivity (Wildman–Crippen MR) is 43.6 cm³/mol. The molecule has 1 N–H and O–H groups in total. The highest BCUT2D eigenvalue weighted by Gasteiger charge is 2.31. The van der Waals surface area contributed by atoms with E-state index in [0.29, 0.717) is 6.42 Å². The molecule has 0 aliphatic heterocycles. The Bertz CT molecular complexity index is 172. The second-order valence-electron chi connectivity index (χ2n) is 2.60. The van der Waals surface area contributed by atoms with Gasteiger partial charge < -0.3 is 5.32 Å². The number of alkyl halides is 4. The Kier molecular flexibility index (Phi) is 5.13. The van der Waals surface area contributed by atoms with E-state index >= 15 is 0 Å². The van der Waals surface area contributed by atoms with E-state index in [0.717, 1.165) is 0 Å². The molecule has 13 heavy (non-hydrogen) atoms. The van der Waals surface area contributed by atoms with E-state index in [1.165, 1.54) is 0 Å². The number of carbonyl (C=O) groups excluding carboxylic acids is 1. The molecule has 0 fully saturated rings. The third-order valence-corrected chi connectivity index (χ3v) is 1.79. The van der Waals surface area contributed by atoms with Crippen molar-refractivity contribution in [3.63, 3.8) is 0 Å². The molecule has 0 bridgehead atoms. The summed E-state index contributed by atoms with van der Waals surface area (Å²) in [6.45, 7) is 1.86. The maximum Gasteiger partial charge on any atom is 0.397 e. The average Bonchev–Trinajstić information content (AvgIpc) is 1.97. The van der Waals surface area contributed by atoms with Gasteiger partial charge in [-0.05, 0) is 6.42 Å². The molecule has 0 spiro atoms. The summed E-state index contributed by atoms with van der Waals surface area (Å²) in [4.78, 5) is 10.6. The zero-order chi connectivity index (χ0) is 10.5. The quantitative estimate of drug-likeness (QED) is 0.718. The van der Waals surface area contributed by atoms with Crippen molar-refractivity contribution in [2.24, 2.45) is 0 Å². The van der Waals surface area contributed by atoms with Crippen molar-refractivity contribution in [2.45, 2.75) is 31.3 Å². The molecule has 0 saturated carbocycles. The minimum Gasteiger partial charge on any atom is -0.354 e. The van der Waals surface area contributed by atoms with Crippen LogP contribution in [0, 0.1) is 0 Å². The Morgan fingerprint density at radius 1 is 1.54 bits per heavy atom. The molecular weight excluding hydrogens is 207 g/mol. The van der Waals surface area contributed by atoms with E-state index in [1.807, 2.05) is 0 Å². The van der Waals surface area contributed by atoms with Crippen molar-refractivity contribution < 1.29 is 18.0 Å². The lowest BCUT2D eigenvalue weighted by Gasteiger charge is -2.09. The van der Waals surface area contributed by atoms with E-state index in [-0.39, 0.29) is 11.9 Å². The predicted octanol–water partition coefficient (Wildman–Crippen LogP) is 2.07. The van der Waals surface area contributed by atoms with Gasteiger partial charge in [-0.2, -0.15) is 13.2 Å². The molecule has 0 aliphatic carbocycles. The minimum atomic E-state index is -4.45. The Balaban J connectivity index is 3.64. The molecule has 0 rings (SSSR count). The number of rotatable bonds is 4. The van der Waals surface area contributed by atoms with Gasteiger partial charge in [0, 0.05) is 6.54 Å². The lowest BCUT2D eigenvalue weighted by Crippen LogP contribution is -2.32. The second kappa shape index (κ2) is 5.32. The van der Waals surface area contributed by atoms with Crippen LogP contribution >= 0.6 is 11.6 Å². The molecule has 0 radical (unpaired) electrons. The fourth-order valence-electron chi connectivity index (χ4n) is 0.613. The van der Waals surface area contributed by atoms with E-state index in [9.17, 15) is 18.0 Å². The molecule has 1 unspecified atom stereocenters. The van der Waals surface area contributed by atoms with E-state index < -0.39 is 18.5 Å². The largest absolute Gasteiger partial charge is 0.397 e. The number of carbonyl (C=O) groups is 1. The first kappa shape index (κ1) is 12.6. The monoisotopic (exact) mass is 217 g/mol. The highest BCUT2D eigenvalue weighted by Crippen LogP contribution is 2.18. The van der Waals surface area contributed by atoms with Gasteiger partial charge >= 0.3 is 6.18 Å². The number of halogens is 4. The molecular formula is C7H11ClF3NO. The van der Waals surface area contributed by atoms with Crippen LogP contribution in [0.2, 0.25) is 0 Å². The fourth-order valence-corrected chi connectivity index (χ4v) is 0.691. The van der Waals surface area contributed by atoms with Crippen LogP contribution in [0.4, 0.5) is 13.2 Å². The van der Waals surface area contributed by atoms with Crippen LogP contribution in [0.1, 0.15) is 19.8 Å². The SMILES string of the molecule is CCC(Cl)CNC(=O)CC(F)(F)F. The highest BCUT2D eigenvalue weighted by molar-refractivity contribution is 6.20. The normalized spacial score (nSPS) is 13.9. The van der Waals surface area contributed by atoms with Crippen molar-refractivity contribution in [3.8, 4) is 0 Å². The van der Waals surface area contributed by atoms with Crippen molar-refractivity contribution in [1.29, 1.82) is 0 Å². The Hall–Kier alpha value is -0.450. The molecule has 1 atom stereocenters. The summed E-state index contributed by atoms with van der Waals surface area (Å²) in [7, 11) is 0. The minimum absolute atomic E-state index is 0.0764. The summed E-state index contributed by atoms with van der Waals surface area (Å²) in [5, 5.41) is 1.79. The van der Waals surface area contributed by atoms with E-state index in [4.69, 9.17) is 11.6 Å². The van der Waals surface area contributed by atoms with Crippen LogP contribution in [0.5, 0.6) is 0 Å².